The van der Waals surface area contributed by atoms with Crippen molar-refractivity contribution in [3.8, 4) is 0 Å². The number of nitrogens with one attached hydrogen (secondary N) is 2. The van der Waals surface area contributed by atoms with Crippen LogP contribution in [-0.4, -0.2) is 68.9 Å². The molecular formula is C23H27N5O3. The maximum atomic E-state index is 12.5. The molecule has 0 aromatic heterocycles. The van der Waals surface area contributed by atoms with E-state index in [9.17, 15) is 14.4 Å². The lowest BCUT2D eigenvalue weighted by Crippen LogP contribution is -2.49. The highest BCUT2D eigenvalue weighted by atomic mass is 16.2. The van der Waals surface area contributed by atoms with Crippen LogP contribution in [0, 0.1) is 0 Å². The first kappa shape index (κ1) is 20.7. The molecule has 2 aliphatic heterocycles. The number of carbonyl (C=O) groups is 3. The molecule has 2 aliphatic rings. The summed E-state index contributed by atoms with van der Waals surface area (Å²) in [4.78, 5) is 42.7. The Kier molecular flexibility index (Phi) is 6.06. The number of amides is 3. The number of para-hydroxylation sites is 1. The summed E-state index contributed by atoms with van der Waals surface area (Å²) in [5.41, 5.74) is 3.13. The molecule has 4 rings (SSSR count). The average Bonchev–Trinajstić information content (AvgIpc) is 2.79. The van der Waals surface area contributed by atoms with Gasteiger partial charge in [-0.25, -0.2) is 0 Å². The van der Waals surface area contributed by atoms with E-state index in [2.05, 4.69) is 27.7 Å². The number of likely N-dealkylation sites (N-methyl/N-ethyl adjacent to an activating group) is 1. The Morgan fingerprint density at radius 1 is 1.03 bits per heavy atom. The van der Waals surface area contributed by atoms with Gasteiger partial charge in [0.15, 0.2) is 0 Å². The van der Waals surface area contributed by atoms with E-state index in [0.717, 1.165) is 18.8 Å². The minimum atomic E-state index is -0.257. The van der Waals surface area contributed by atoms with Crippen LogP contribution in [-0.2, 0) is 9.59 Å². The SMILES string of the molecule is CN1CC(=O)Nc2cc(C(=O)NCCC(=O)N3CCN(c4ccccc4)CC3)ccc21. The van der Waals surface area contributed by atoms with Crippen LogP contribution < -0.4 is 20.4 Å². The van der Waals surface area contributed by atoms with E-state index in [1.165, 1.54) is 5.69 Å². The molecular weight excluding hydrogens is 394 g/mol. The van der Waals surface area contributed by atoms with Crippen LogP contribution in [0.3, 0.4) is 0 Å². The van der Waals surface area contributed by atoms with Crippen molar-refractivity contribution in [1.82, 2.24) is 10.2 Å². The lowest BCUT2D eigenvalue weighted by Gasteiger charge is -2.36. The summed E-state index contributed by atoms with van der Waals surface area (Å²) >= 11 is 0. The van der Waals surface area contributed by atoms with Gasteiger partial charge >= 0.3 is 0 Å². The Morgan fingerprint density at radius 2 is 1.77 bits per heavy atom. The van der Waals surface area contributed by atoms with Gasteiger partial charge in [-0.1, -0.05) is 18.2 Å². The van der Waals surface area contributed by atoms with Crippen LogP contribution in [0.2, 0.25) is 0 Å². The zero-order valence-corrected chi connectivity index (χ0v) is 17.6. The highest BCUT2D eigenvalue weighted by Gasteiger charge is 2.22. The lowest BCUT2D eigenvalue weighted by molar-refractivity contribution is -0.131. The zero-order chi connectivity index (χ0) is 21.8. The van der Waals surface area contributed by atoms with Crippen LogP contribution >= 0.6 is 0 Å². The summed E-state index contributed by atoms with van der Waals surface area (Å²) in [5, 5.41) is 5.60. The van der Waals surface area contributed by atoms with E-state index >= 15 is 0 Å². The van der Waals surface area contributed by atoms with Crippen molar-refractivity contribution in [1.29, 1.82) is 0 Å². The van der Waals surface area contributed by atoms with E-state index in [1.807, 2.05) is 41.1 Å². The number of piperazine rings is 1. The average molecular weight is 422 g/mol. The third-order valence-corrected chi connectivity index (χ3v) is 5.70. The molecule has 8 heteroatoms. The third-order valence-electron chi connectivity index (χ3n) is 5.70. The van der Waals surface area contributed by atoms with Gasteiger partial charge in [0.1, 0.15) is 0 Å². The topological polar surface area (TPSA) is 85.0 Å². The van der Waals surface area contributed by atoms with E-state index in [0.29, 0.717) is 30.9 Å². The predicted octanol–water partition coefficient (Wildman–Crippen LogP) is 1.54. The molecule has 0 radical (unpaired) electrons. The number of hydrogen-bond donors (Lipinski definition) is 2. The summed E-state index contributed by atoms with van der Waals surface area (Å²) in [6.45, 7) is 3.54. The Labute approximate surface area is 181 Å². The van der Waals surface area contributed by atoms with E-state index < -0.39 is 0 Å². The normalized spacial score (nSPS) is 15.9. The molecule has 0 saturated carbocycles. The second kappa shape index (κ2) is 9.07. The molecule has 0 bridgehead atoms. The minimum absolute atomic E-state index is 0.0485. The summed E-state index contributed by atoms with van der Waals surface area (Å²) in [6.07, 6.45) is 0.265. The largest absolute Gasteiger partial charge is 0.368 e. The van der Waals surface area contributed by atoms with Gasteiger partial charge in [-0.3, -0.25) is 14.4 Å². The summed E-state index contributed by atoms with van der Waals surface area (Å²) in [5.74, 6) is -0.315. The smallest absolute Gasteiger partial charge is 0.251 e. The molecule has 0 aliphatic carbocycles. The molecule has 1 saturated heterocycles. The van der Waals surface area contributed by atoms with Crippen molar-refractivity contribution in [3.63, 3.8) is 0 Å². The monoisotopic (exact) mass is 421 g/mol. The fourth-order valence-electron chi connectivity index (χ4n) is 4.00. The third kappa shape index (κ3) is 4.79. The number of rotatable bonds is 5. The molecule has 2 N–H and O–H groups in total. The van der Waals surface area contributed by atoms with Gasteiger partial charge in [-0.05, 0) is 30.3 Å². The fraction of sp³-hybridized carbons (Fsp3) is 0.348. The Balaban J connectivity index is 1.24. The second-order valence-corrected chi connectivity index (χ2v) is 7.85. The predicted molar refractivity (Wildman–Crippen MR) is 121 cm³/mol. The van der Waals surface area contributed by atoms with Crippen molar-refractivity contribution in [2.75, 3.05) is 61.4 Å². The number of hydrogen-bond acceptors (Lipinski definition) is 5. The van der Waals surface area contributed by atoms with Gasteiger partial charge in [-0.15, -0.1) is 0 Å². The standard InChI is InChI=1S/C23H27N5O3/c1-26-16-21(29)25-19-15-17(7-8-20(19)26)23(31)24-10-9-22(30)28-13-11-27(12-14-28)18-5-3-2-4-6-18/h2-8,15H,9-14,16H2,1H3,(H,24,31)(H,25,29). The molecule has 162 valence electrons. The molecule has 0 atom stereocenters. The molecule has 2 aromatic rings. The van der Waals surface area contributed by atoms with Crippen molar-refractivity contribution in [2.24, 2.45) is 0 Å². The van der Waals surface area contributed by atoms with Gasteiger partial charge in [0.25, 0.3) is 5.91 Å². The number of carbonyl (C=O) groups excluding carboxylic acids is 3. The second-order valence-electron chi connectivity index (χ2n) is 7.85. The Morgan fingerprint density at radius 3 is 2.52 bits per heavy atom. The summed E-state index contributed by atoms with van der Waals surface area (Å²) in [6, 6.07) is 15.4. The van der Waals surface area contributed by atoms with E-state index in [-0.39, 0.29) is 30.7 Å². The number of nitrogens with zero attached hydrogens (tertiary/aromatic N) is 3. The van der Waals surface area contributed by atoms with Crippen LogP contribution in [0.15, 0.2) is 48.5 Å². The van der Waals surface area contributed by atoms with Gasteiger partial charge in [0.2, 0.25) is 11.8 Å². The molecule has 8 nitrogen and oxygen atoms in total. The van der Waals surface area contributed by atoms with Gasteiger partial charge in [-0.2, -0.15) is 0 Å². The summed E-state index contributed by atoms with van der Waals surface area (Å²) < 4.78 is 0. The van der Waals surface area contributed by atoms with Crippen molar-refractivity contribution >= 4 is 34.8 Å². The van der Waals surface area contributed by atoms with Crippen molar-refractivity contribution in [2.45, 2.75) is 6.42 Å². The molecule has 3 amide bonds. The highest BCUT2D eigenvalue weighted by molar-refractivity contribution is 6.04. The molecule has 0 spiro atoms. The highest BCUT2D eigenvalue weighted by Crippen LogP contribution is 2.29. The molecule has 2 aromatic carbocycles. The number of benzene rings is 2. The zero-order valence-electron chi connectivity index (χ0n) is 17.6. The van der Waals surface area contributed by atoms with Crippen molar-refractivity contribution in [3.05, 3.63) is 54.1 Å². The number of fused-ring (bicyclic) bond motifs is 1. The van der Waals surface area contributed by atoms with Gasteiger partial charge in [0, 0.05) is 57.4 Å². The molecule has 0 unspecified atom stereocenters. The molecule has 31 heavy (non-hydrogen) atoms. The van der Waals surface area contributed by atoms with Crippen LogP contribution in [0.1, 0.15) is 16.8 Å². The molecule has 1 fully saturated rings. The lowest BCUT2D eigenvalue weighted by atomic mass is 10.1. The minimum Gasteiger partial charge on any atom is -0.368 e. The first-order chi connectivity index (χ1) is 15.0. The van der Waals surface area contributed by atoms with Crippen LogP contribution in [0.4, 0.5) is 17.1 Å². The summed E-state index contributed by atoms with van der Waals surface area (Å²) in [7, 11) is 1.84. The van der Waals surface area contributed by atoms with Crippen LogP contribution in [0.25, 0.3) is 0 Å². The van der Waals surface area contributed by atoms with Gasteiger partial charge < -0.3 is 25.3 Å². The fourth-order valence-corrected chi connectivity index (χ4v) is 4.00. The van der Waals surface area contributed by atoms with Crippen LogP contribution in [0.5, 0.6) is 0 Å². The maximum absolute atomic E-state index is 12.5. The Bertz CT molecular complexity index is 970. The first-order valence-electron chi connectivity index (χ1n) is 10.5. The number of anilines is 3. The van der Waals surface area contributed by atoms with Crippen molar-refractivity contribution < 1.29 is 14.4 Å². The van der Waals surface area contributed by atoms with Gasteiger partial charge in [0.05, 0.1) is 17.9 Å². The maximum Gasteiger partial charge on any atom is 0.251 e. The van der Waals surface area contributed by atoms with E-state index in [1.54, 1.807) is 12.1 Å². The molecule has 2 heterocycles. The first-order valence-corrected chi connectivity index (χ1v) is 10.5. The quantitative estimate of drug-likeness (QED) is 0.765. The van der Waals surface area contributed by atoms with E-state index in [4.69, 9.17) is 0 Å². The Hall–Kier alpha value is -3.55.